The molecule has 0 amide bonds. The van der Waals surface area contributed by atoms with Gasteiger partial charge in [-0.15, -0.1) is 0 Å². The van der Waals surface area contributed by atoms with Crippen molar-refractivity contribution in [3.8, 4) is 141 Å². The van der Waals surface area contributed by atoms with Crippen LogP contribution < -0.4 is 0 Å². The summed E-state index contributed by atoms with van der Waals surface area (Å²) in [6.45, 7) is 0. The van der Waals surface area contributed by atoms with E-state index in [4.69, 9.17) is 9.97 Å². The fourth-order valence-electron chi connectivity index (χ4n) is 19.0. The molecule has 546 valence electrons. The van der Waals surface area contributed by atoms with Gasteiger partial charge in [0.25, 0.3) is 0 Å². The summed E-state index contributed by atoms with van der Waals surface area (Å²) in [5, 5.41) is 21.7. The van der Waals surface area contributed by atoms with E-state index < -0.39 is 0 Å². The molecule has 0 saturated carbocycles. The Morgan fingerprint density at radius 2 is 0.483 bits per heavy atom. The van der Waals surface area contributed by atoms with Gasteiger partial charge in [0.1, 0.15) is 0 Å². The van der Waals surface area contributed by atoms with Crippen LogP contribution in [0.5, 0.6) is 0 Å². The van der Waals surface area contributed by atoms with Gasteiger partial charge in [-0.2, -0.15) is 5.26 Å². The summed E-state index contributed by atoms with van der Waals surface area (Å²) in [5.74, 6) is 0.578. The van der Waals surface area contributed by atoms with Gasteiger partial charge in [0.15, 0.2) is 5.82 Å². The number of nitrogens with zero attached hydrogens (tertiary/aromatic N) is 7. The summed E-state index contributed by atoms with van der Waals surface area (Å²) >= 11 is 0. The van der Waals surface area contributed by atoms with Crippen molar-refractivity contribution in [2.24, 2.45) is 0 Å². The first-order valence-electron chi connectivity index (χ1n) is 40.2. The van der Waals surface area contributed by atoms with Crippen LogP contribution in [-0.2, 0) is 0 Å². The number of para-hydroxylation sites is 2. The van der Waals surface area contributed by atoms with Crippen LogP contribution in [0.3, 0.4) is 0 Å². The molecule has 0 N–H and O–H groups in total. The Morgan fingerprint density at radius 1 is 0.203 bits per heavy atom. The lowest BCUT2D eigenvalue weighted by Gasteiger charge is -2.17. The van der Waals surface area contributed by atoms with E-state index in [1.54, 1.807) is 0 Å². The molecule has 5 heterocycles. The molecule has 118 heavy (non-hydrogen) atoms. The molecular weight excluding hydrogens is 1430 g/mol. The Balaban J connectivity index is 0.752. The molecular formula is C111H67N7. The Morgan fingerprint density at radius 3 is 0.805 bits per heavy atom. The van der Waals surface area contributed by atoms with Crippen molar-refractivity contribution in [3.63, 3.8) is 0 Å². The molecule has 18 aromatic carbocycles. The minimum atomic E-state index is 0.578. The summed E-state index contributed by atoms with van der Waals surface area (Å²) < 4.78 is 9.75. The van der Waals surface area contributed by atoms with Crippen molar-refractivity contribution in [1.29, 1.82) is 5.26 Å². The number of aromatic nitrogens is 6. The van der Waals surface area contributed by atoms with Gasteiger partial charge in [-0.05, 0) is 235 Å². The second kappa shape index (κ2) is 26.6. The Hall–Kier alpha value is -16.0. The number of hydrogen-bond donors (Lipinski definition) is 0. The molecule has 24 rings (SSSR count). The maximum atomic E-state index is 10.2. The summed E-state index contributed by atoms with van der Waals surface area (Å²) in [5.41, 5.74) is 33.8. The van der Waals surface area contributed by atoms with Crippen molar-refractivity contribution in [1.82, 2.24) is 28.2 Å². The van der Waals surface area contributed by atoms with Crippen molar-refractivity contribution in [3.05, 3.63) is 412 Å². The fourth-order valence-corrected chi connectivity index (χ4v) is 19.0. The van der Waals surface area contributed by atoms with E-state index in [9.17, 15) is 5.26 Å². The quantitative estimate of drug-likeness (QED) is 0.122. The first-order chi connectivity index (χ1) is 58.4. The first-order valence-corrected chi connectivity index (χ1v) is 40.2. The average Bonchev–Trinajstić information content (AvgIpc) is 1.57. The highest BCUT2D eigenvalue weighted by atomic mass is 15.0. The largest absolute Gasteiger partial charge is 0.309 e. The second-order valence-electron chi connectivity index (χ2n) is 31.1. The summed E-state index contributed by atoms with van der Waals surface area (Å²) in [4.78, 5) is 11.7. The number of fused-ring (bicyclic) bond motifs is 15. The summed E-state index contributed by atoms with van der Waals surface area (Å²) in [7, 11) is 0. The molecule has 0 unspecified atom stereocenters. The molecule has 23 aromatic rings. The third-order valence-electron chi connectivity index (χ3n) is 24.5. The lowest BCUT2D eigenvalue weighted by atomic mass is 9.98. The van der Waals surface area contributed by atoms with E-state index in [2.05, 4.69) is 407 Å². The first kappa shape index (κ1) is 66.6. The predicted octanol–water partition coefficient (Wildman–Crippen LogP) is 28.9. The van der Waals surface area contributed by atoms with Gasteiger partial charge in [-0.1, -0.05) is 255 Å². The SMILES string of the molecule is N#Cc1ccc(-c2nc(-c3cc(-n4c5ccc(-c6ccccc6)cc5c5cc(-c6ccc7c(c6)c6cc(-c8ccccc8)ccc6n7-c6ccccc6)ccc54)cc(-n4c5ccc(-c6ccccc6)cc5c5cc(-c6ccc7c(c6)c6cc(-c8ccccc8)ccc6n7-c6ccccc6)ccc54)c3)nc3c2-c2cccc4cccc-3c24)cc1. The van der Waals surface area contributed by atoms with Crippen molar-refractivity contribution in [2.75, 3.05) is 0 Å². The standard InChI is InChI=1S/C111H67N7/c112-68-69-37-39-75(40-38-69)109-108-89-35-19-29-74-30-20-36-90(107(74)89)110(108)114-111(113-109)84-57-87(117-103-51-43-78(72-25-11-3-12-26-72)61-93(103)97-65-82(47-55-105(97)117)80-45-53-101-95(63-80)91-59-76(70-21-7-1-8-22-70)41-49-99(91)115(101)85-31-15-5-16-32-85)67-88(58-84)118-104-52-44-79(73-27-13-4-14-28-73)62-94(104)98-66-83(48-56-106(98)118)81-46-54-102-96(64-81)92-60-77(71-23-9-2-10-24-71)42-50-100(92)116(102)86-33-17-6-18-34-86/h1-67H. The summed E-state index contributed by atoms with van der Waals surface area (Å²) in [6, 6.07) is 151. The van der Waals surface area contributed by atoms with Gasteiger partial charge in [0.2, 0.25) is 0 Å². The van der Waals surface area contributed by atoms with Crippen molar-refractivity contribution >= 4 is 98.0 Å². The Kier molecular flexibility index (Phi) is 15.0. The zero-order chi connectivity index (χ0) is 77.6. The third kappa shape index (κ3) is 10.6. The molecule has 0 saturated heterocycles. The average molecular weight is 1500 g/mol. The third-order valence-corrected chi connectivity index (χ3v) is 24.5. The highest BCUT2D eigenvalue weighted by Gasteiger charge is 2.30. The minimum absolute atomic E-state index is 0.578. The fraction of sp³-hybridized carbons (Fsp3) is 0. The molecule has 0 atom stereocenters. The number of nitriles is 1. The van der Waals surface area contributed by atoms with E-state index in [1.165, 1.54) is 43.8 Å². The number of rotatable bonds is 12. The van der Waals surface area contributed by atoms with Gasteiger partial charge in [-0.25, -0.2) is 9.97 Å². The Labute approximate surface area is 679 Å². The van der Waals surface area contributed by atoms with Crippen LogP contribution in [0.1, 0.15) is 5.56 Å². The minimum Gasteiger partial charge on any atom is -0.309 e. The molecule has 7 heteroatoms. The molecule has 1 aliphatic rings. The van der Waals surface area contributed by atoms with E-state index in [1.807, 2.05) is 24.3 Å². The number of hydrogen-bond acceptors (Lipinski definition) is 3. The Bertz CT molecular complexity index is 7750. The van der Waals surface area contributed by atoms with Gasteiger partial charge in [0, 0.05) is 88.1 Å². The molecule has 0 spiro atoms. The smallest absolute Gasteiger partial charge is 0.160 e. The van der Waals surface area contributed by atoms with Crippen LogP contribution in [0.15, 0.2) is 406 Å². The van der Waals surface area contributed by atoms with E-state index in [0.29, 0.717) is 11.4 Å². The van der Waals surface area contributed by atoms with Crippen LogP contribution in [0.4, 0.5) is 0 Å². The second-order valence-corrected chi connectivity index (χ2v) is 31.1. The maximum Gasteiger partial charge on any atom is 0.160 e. The molecule has 0 radical (unpaired) electrons. The van der Waals surface area contributed by atoms with Gasteiger partial charge in [-0.3, -0.25) is 0 Å². The number of benzene rings is 18. The van der Waals surface area contributed by atoms with Gasteiger partial charge >= 0.3 is 0 Å². The molecule has 0 fully saturated rings. The molecule has 0 aliphatic heterocycles. The van der Waals surface area contributed by atoms with Gasteiger partial charge in [0.05, 0.1) is 67.2 Å². The zero-order valence-corrected chi connectivity index (χ0v) is 63.8. The normalized spacial score (nSPS) is 11.9. The van der Waals surface area contributed by atoms with Gasteiger partial charge < -0.3 is 18.3 Å². The van der Waals surface area contributed by atoms with Crippen LogP contribution in [0, 0.1) is 11.3 Å². The lowest BCUT2D eigenvalue weighted by Crippen LogP contribution is -2.03. The zero-order valence-electron chi connectivity index (χ0n) is 63.8. The lowest BCUT2D eigenvalue weighted by molar-refractivity contribution is 1.12. The molecule has 7 nitrogen and oxygen atoms in total. The molecule has 0 bridgehead atoms. The molecule has 5 aromatic heterocycles. The van der Waals surface area contributed by atoms with Crippen LogP contribution in [-0.4, -0.2) is 28.2 Å². The van der Waals surface area contributed by atoms with Crippen molar-refractivity contribution < 1.29 is 0 Å². The highest BCUT2D eigenvalue weighted by molar-refractivity contribution is 6.19. The molecule has 1 aliphatic carbocycles. The van der Waals surface area contributed by atoms with Crippen molar-refractivity contribution in [2.45, 2.75) is 0 Å². The van der Waals surface area contributed by atoms with E-state index >= 15 is 0 Å². The van der Waals surface area contributed by atoms with E-state index in [-0.39, 0.29) is 0 Å². The van der Waals surface area contributed by atoms with E-state index in [0.717, 1.165) is 183 Å². The topological polar surface area (TPSA) is 69.3 Å². The maximum absolute atomic E-state index is 10.2. The van der Waals surface area contributed by atoms with Crippen LogP contribution in [0.2, 0.25) is 0 Å². The predicted molar refractivity (Wildman–Crippen MR) is 490 cm³/mol. The summed E-state index contributed by atoms with van der Waals surface area (Å²) in [6.07, 6.45) is 0. The van der Waals surface area contributed by atoms with Crippen LogP contribution in [0.25, 0.3) is 233 Å². The monoisotopic (exact) mass is 1500 g/mol. The van der Waals surface area contributed by atoms with Crippen LogP contribution >= 0.6 is 0 Å². The highest BCUT2D eigenvalue weighted by Crippen LogP contribution is 2.52.